The van der Waals surface area contributed by atoms with E-state index in [0.717, 1.165) is 30.0 Å². The average molecular weight is 461 g/mol. The standard InChI is InChI=1S/C20H20FN5O5S/c1-12(31-17-7-5-4-6-16(17)30-3)19-23-24-20(25(19)2)32-11-18(27)22-15-10-13(26(28)29)8-9-14(15)21/h4-10,12H,11H2,1-3H3,(H,22,27). The first kappa shape index (κ1) is 23.0. The van der Waals surface area contributed by atoms with Crippen LogP contribution in [0.4, 0.5) is 15.8 Å². The van der Waals surface area contributed by atoms with Gasteiger partial charge in [0.25, 0.3) is 5.69 Å². The highest BCUT2D eigenvalue weighted by molar-refractivity contribution is 7.99. The second-order valence-corrected chi connectivity index (χ2v) is 7.51. The van der Waals surface area contributed by atoms with E-state index in [2.05, 4.69) is 15.5 Å². The molecule has 0 aliphatic rings. The molecule has 2 aromatic carbocycles. The van der Waals surface area contributed by atoms with Gasteiger partial charge in [-0.1, -0.05) is 23.9 Å². The summed E-state index contributed by atoms with van der Waals surface area (Å²) in [5.74, 6) is 0.257. The summed E-state index contributed by atoms with van der Waals surface area (Å²) in [5, 5.41) is 21.8. The van der Waals surface area contributed by atoms with Crippen molar-refractivity contribution in [3.63, 3.8) is 0 Å². The minimum Gasteiger partial charge on any atom is -0.493 e. The van der Waals surface area contributed by atoms with Gasteiger partial charge >= 0.3 is 0 Å². The van der Waals surface area contributed by atoms with Gasteiger partial charge in [0.15, 0.2) is 28.6 Å². The molecule has 12 heteroatoms. The number of carbonyl (C=O) groups excluding carboxylic acids is 1. The lowest BCUT2D eigenvalue weighted by atomic mass is 10.2. The van der Waals surface area contributed by atoms with Gasteiger partial charge in [0.2, 0.25) is 5.91 Å². The molecule has 10 nitrogen and oxygen atoms in total. The molecule has 3 rings (SSSR count). The van der Waals surface area contributed by atoms with Crippen molar-refractivity contribution in [3.05, 3.63) is 64.2 Å². The number of thioether (sulfide) groups is 1. The van der Waals surface area contributed by atoms with Crippen LogP contribution in [0.25, 0.3) is 0 Å². The number of methoxy groups -OCH3 is 1. The molecule has 0 bridgehead atoms. The van der Waals surface area contributed by atoms with E-state index >= 15 is 0 Å². The number of hydrogen-bond acceptors (Lipinski definition) is 8. The molecule has 0 saturated heterocycles. The number of nitro benzene ring substituents is 1. The quantitative estimate of drug-likeness (QED) is 0.291. The lowest BCUT2D eigenvalue weighted by Crippen LogP contribution is -2.16. The third-order valence-corrected chi connectivity index (χ3v) is 5.39. The fourth-order valence-corrected chi connectivity index (χ4v) is 3.52. The Labute approximate surface area is 186 Å². The molecule has 0 aliphatic carbocycles. The summed E-state index contributed by atoms with van der Waals surface area (Å²) in [4.78, 5) is 22.4. The van der Waals surface area contributed by atoms with Gasteiger partial charge in [0, 0.05) is 19.2 Å². The SMILES string of the molecule is COc1ccccc1OC(C)c1nnc(SCC(=O)Nc2cc([N+](=O)[O-])ccc2F)n1C. The molecule has 1 N–H and O–H groups in total. The minimum atomic E-state index is -0.766. The highest BCUT2D eigenvalue weighted by Gasteiger charge is 2.20. The average Bonchev–Trinajstić information content (AvgIpc) is 3.14. The predicted octanol–water partition coefficient (Wildman–Crippen LogP) is 3.74. The number of benzene rings is 2. The zero-order chi connectivity index (χ0) is 23.3. The molecule has 32 heavy (non-hydrogen) atoms. The first-order chi connectivity index (χ1) is 15.3. The number of carbonyl (C=O) groups is 1. The summed E-state index contributed by atoms with van der Waals surface area (Å²) in [7, 11) is 3.28. The number of ether oxygens (including phenoxy) is 2. The van der Waals surface area contributed by atoms with E-state index in [1.54, 1.807) is 30.9 Å². The molecule has 1 aromatic heterocycles. The first-order valence-corrected chi connectivity index (χ1v) is 10.3. The maximum Gasteiger partial charge on any atom is 0.271 e. The molecule has 1 atom stereocenters. The van der Waals surface area contributed by atoms with Crippen molar-refractivity contribution in [1.82, 2.24) is 14.8 Å². The predicted molar refractivity (Wildman–Crippen MR) is 115 cm³/mol. The topological polar surface area (TPSA) is 121 Å². The molecule has 0 aliphatic heterocycles. The van der Waals surface area contributed by atoms with Crippen molar-refractivity contribution in [1.29, 1.82) is 0 Å². The Morgan fingerprint density at radius 2 is 2.00 bits per heavy atom. The molecule has 3 aromatic rings. The molecule has 0 spiro atoms. The fourth-order valence-electron chi connectivity index (χ4n) is 2.80. The lowest BCUT2D eigenvalue weighted by Gasteiger charge is -2.16. The molecular weight excluding hydrogens is 441 g/mol. The summed E-state index contributed by atoms with van der Waals surface area (Å²) < 4.78 is 26.7. The largest absolute Gasteiger partial charge is 0.493 e. The van der Waals surface area contributed by atoms with Gasteiger partial charge in [-0.15, -0.1) is 10.2 Å². The summed E-state index contributed by atoms with van der Waals surface area (Å²) in [6, 6.07) is 10.1. The summed E-state index contributed by atoms with van der Waals surface area (Å²) in [5.41, 5.74) is -0.585. The Morgan fingerprint density at radius 3 is 2.69 bits per heavy atom. The third kappa shape index (κ3) is 5.32. The number of anilines is 1. The van der Waals surface area contributed by atoms with Crippen LogP contribution in [0.2, 0.25) is 0 Å². The van der Waals surface area contributed by atoms with Gasteiger partial charge in [-0.2, -0.15) is 0 Å². The van der Waals surface area contributed by atoms with E-state index in [1.165, 1.54) is 0 Å². The van der Waals surface area contributed by atoms with Crippen LogP contribution in [-0.4, -0.2) is 38.5 Å². The van der Waals surface area contributed by atoms with Gasteiger partial charge in [-0.25, -0.2) is 4.39 Å². The fraction of sp³-hybridized carbons (Fsp3) is 0.250. The molecule has 1 heterocycles. The van der Waals surface area contributed by atoms with Crippen molar-refractivity contribution in [2.75, 3.05) is 18.2 Å². The van der Waals surface area contributed by atoms with E-state index in [4.69, 9.17) is 9.47 Å². The van der Waals surface area contributed by atoms with Crippen LogP contribution in [0.1, 0.15) is 18.9 Å². The molecule has 1 amide bonds. The summed E-state index contributed by atoms with van der Waals surface area (Å²) in [6.45, 7) is 1.81. The van der Waals surface area contributed by atoms with Gasteiger partial charge in [0.05, 0.1) is 23.5 Å². The van der Waals surface area contributed by atoms with Crippen LogP contribution in [-0.2, 0) is 11.8 Å². The van der Waals surface area contributed by atoms with E-state index < -0.39 is 22.8 Å². The smallest absolute Gasteiger partial charge is 0.271 e. The number of nitrogens with zero attached hydrogens (tertiary/aromatic N) is 4. The molecule has 0 fully saturated rings. The Balaban J connectivity index is 1.63. The van der Waals surface area contributed by atoms with Gasteiger partial charge < -0.3 is 19.4 Å². The zero-order valence-corrected chi connectivity index (χ0v) is 18.3. The molecular formula is C20H20FN5O5S. The second kappa shape index (κ2) is 10.1. The number of para-hydroxylation sites is 2. The molecule has 0 radical (unpaired) electrons. The molecule has 0 saturated carbocycles. The Morgan fingerprint density at radius 1 is 1.28 bits per heavy atom. The molecule has 168 valence electrons. The number of hydrogen-bond donors (Lipinski definition) is 1. The van der Waals surface area contributed by atoms with Crippen molar-refractivity contribution < 1.29 is 23.6 Å². The maximum absolute atomic E-state index is 13.9. The monoisotopic (exact) mass is 461 g/mol. The van der Waals surface area contributed by atoms with Gasteiger partial charge in [-0.05, 0) is 25.1 Å². The minimum absolute atomic E-state index is 0.101. The number of aromatic nitrogens is 3. The van der Waals surface area contributed by atoms with Crippen LogP contribution < -0.4 is 14.8 Å². The second-order valence-electron chi connectivity index (χ2n) is 6.57. The van der Waals surface area contributed by atoms with Gasteiger partial charge in [-0.3, -0.25) is 14.9 Å². The Kier molecular flexibility index (Phi) is 7.25. The number of rotatable bonds is 9. The number of halogens is 1. The first-order valence-electron chi connectivity index (χ1n) is 9.35. The molecule has 1 unspecified atom stereocenters. The zero-order valence-electron chi connectivity index (χ0n) is 17.4. The van der Waals surface area contributed by atoms with Crippen molar-refractivity contribution >= 4 is 29.0 Å². The van der Waals surface area contributed by atoms with Crippen LogP contribution in [0.15, 0.2) is 47.6 Å². The van der Waals surface area contributed by atoms with Crippen molar-refractivity contribution in [2.45, 2.75) is 18.2 Å². The van der Waals surface area contributed by atoms with Crippen LogP contribution >= 0.6 is 11.8 Å². The highest BCUT2D eigenvalue weighted by Crippen LogP contribution is 2.31. The third-order valence-electron chi connectivity index (χ3n) is 4.37. The lowest BCUT2D eigenvalue weighted by molar-refractivity contribution is -0.384. The summed E-state index contributed by atoms with van der Waals surface area (Å²) >= 11 is 1.08. The number of non-ortho nitro benzene ring substituents is 1. The number of nitro groups is 1. The van der Waals surface area contributed by atoms with E-state index in [0.29, 0.717) is 22.5 Å². The van der Waals surface area contributed by atoms with E-state index in [9.17, 15) is 19.3 Å². The Bertz CT molecular complexity index is 1140. The van der Waals surface area contributed by atoms with Crippen LogP contribution in [0.3, 0.4) is 0 Å². The highest BCUT2D eigenvalue weighted by atomic mass is 32.2. The maximum atomic E-state index is 13.9. The normalized spacial score (nSPS) is 11.6. The van der Waals surface area contributed by atoms with Crippen LogP contribution in [0, 0.1) is 15.9 Å². The Hall–Kier alpha value is -3.67. The van der Waals surface area contributed by atoms with Gasteiger partial charge in [0.1, 0.15) is 5.82 Å². The summed E-state index contributed by atoms with van der Waals surface area (Å²) in [6.07, 6.45) is -0.453. The van der Waals surface area contributed by atoms with Crippen molar-refractivity contribution in [2.24, 2.45) is 7.05 Å². The van der Waals surface area contributed by atoms with Crippen molar-refractivity contribution in [3.8, 4) is 11.5 Å². The number of nitrogens with one attached hydrogen (secondary N) is 1. The van der Waals surface area contributed by atoms with E-state index in [-0.39, 0.29) is 17.1 Å². The number of amides is 1. The van der Waals surface area contributed by atoms with Crippen LogP contribution in [0.5, 0.6) is 11.5 Å². The van der Waals surface area contributed by atoms with E-state index in [1.807, 2.05) is 19.1 Å².